The van der Waals surface area contributed by atoms with Gasteiger partial charge >= 0.3 is 0 Å². The fraction of sp³-hybridized carbons (Fsp3) is 0.917. The van der Waals surface area contributed by atoms with Crippen molar-refractivity contribution in [3.05, 3.63) is 0 Å². The Balaban J connectivity index is 2.15. The Morgan fingerprint density at radius 3 is 2.75 bits per heavy atom. The van der Waals surface area contributed by atoms with E-state index in [2.05, 4.69) is 19.2 Å². The zero-order chi connectivity index (χ0) is 12.2. The van der Waals surface area contributed by atoms with Crippen LogP contribution in [0.1, 0.15) is 33.6 Å². The van der Waals surface area contributed by atoms with Gasteiger partial charge in [-0.3, -0.25) is 9.69 Å². The van der Waals surface area contributed by atoms with Crippen molar-refractivity contribution in [3.8, 4) is 0 Å². The lowest BCUT2D eigenvalue weighted by Crippen LogP contribution is -2.38. The Hall–Kier alpha value is -0.610. The van der Waals surface area contributed by atoms with Gasteiger partial charge in [-0.25, -0.2) is 0 Å². The number of carbonyl (C=O) groups is 1. The largest absolute Gasteiger partial charge is 0.389 e. The van der Waals surface area contributed by atoms with Gasteiger partial charge in [0.2, 0.25) is 5.91 Å². The third-order valence-electron chi connectivity index (χ3n) is 2.94. The van der Waals surface area contributed by atoms with Gasteiger partial charge in [0, 0.05) is 19.6 Å². The summed E-state index contributed by atoms with van der Waals surface area (Å²) in [6.07, 6.45) is 1.77. The third kappa shape index (κ3) is 4.94. The Morgan fingerprint density at radius 2 is 2.25 bits per heavy atom. The summed E-state index contributed by atoms with van der Waals surface area (Å²) in [5.41, 5.74) is -0.613. The molecule has 1 aliphatic heterocycles. The zero-order valence-corrected chi connectivity index (χ0v) is 10.6. The van der Waals surface area contributed by atoms with Crippen molar-refractivity contribution in [1.29, 1.82) is 0 Å². The summed E-state index contributed by atoms with van der Waals surface area (Å²) in [5, 5.41) is 12.7. The molecule has 1 heterocycles. The molecule has 16 heavy (non-hydrogen) atoms. The van der Waals surface area contributed by atoms with Crippen LogP contribution in [0, 0.1) is 5.92 Å². The van der Waals surface area contributed by atoms with E-state index in [-0.39, 0.29) is 5.91 Å². The molecule has 0 saturated carbocycles. The molecule has 2 N–H and O–H groups in total. The number of carbonyl (C=O) groups excluding carboxylic acids is 1. The van der Waals surface area contributed by atoms with Crippen molar-refractivity contribution >= 4 is 5.91 Å². The first kappa shape index (κ1) is 13.5. The van der Waals surface area contributed by atoms with Crippen LogP contribution in [0.2, 0.25) is 0 Å². The molecule has 1 aliphatic rings. The predicted octanol–water partition coefficient (Wildman–Crippen LogP) is 0.605. The van der Waals surface area contributed by atoms with Gasteiger partial charge in [0.25, 0.3) is 0 Å². The molecule has 0 aromatic heterocycles. The Kier molecular flexibility index (Phi) is 4.74. The van der Waals surface area contributed by atoms with Gasteiger partial charge in [-0.2, -0.15) is 0 Å². The van der Waals surface area contributed by atoms with E-state index in [9.17, 15) is 9.90 Å². The van der Waals surface area contributed by atoms with Gasteiger partial charge in [0.05, 0.1) is 12.1 Å². The summed E-state index contributed by atoms with van der Waals surface area (Å²) >= 11 is 0. The normalized spacial score (nSPS) is 26.3. The van der Waals surface area contributed by atoms with Crippen molar-refractivity contribution in [2.24, 2.45) is 5.92 Å². The average molecular weight is 228 g/mol. The number of hydrogen-bond donors (Lipinski definition) is 2. The van der Waals surface area contributed by atoms with Crippen LogP contribution < -0.4 is 5.32 Å². The molecular weight excluding hydrogens is 204 g/mol. The molecule has 4 heteroatoms. The topological polar surface area (TPSA) is 52.6 Å². The minimum absolute atomic E-state index is 0.0679. The van der Waals surface area contributed by atoms with Crippen LogP contribution in [-0.2, 0) is 4.79 Å². The number of nitrogens with one attached hydrogen (secondary N) is 1. The first-order chi connectivity index (χ1) is 7.39. The van der Waals surface area contributed by atoms with E-state index in [1.54, 1.807) is 0 Å². The van der Waals surface area contributed by atoms with Gasteiger partial charge in [-0.05, 0) is 25.7 Å². The Labute approximate surface area is 98.0 Å². The van der Waals surface area contributed by atoms with Crippen LogP contribution in [0.3, 0.4) is 0 Å². The minimum atomic E-state index is -0.613. The van der Waals surface area contributed by atoms with Crippen LogP contribution in [0.15, 0.2) is 0 Å². The fourth-order valence-electron chi connectivity index (χ4n) is 1.93. The third-order valence-corrected chi connectivity index (χ3v) is 2.94. The number of nitrogens with zero attached hydrogens (tertiary/aromatic N) is 1. The molecule has 0 aromatic rings. The van der Waals surface area contributed by atoms with E-state index in [0.29, 0.717) is 19.0 Å². The number of likely N-dealkylation sites (tertiary alicyclic amines) is 1. The maximum Gasteiger partial charge on any atom is 0.234 e. The van der Waals surface area contributed by atoms with Gasteiger partial charge in [-0.1, -0.05) is 13.8 Å². The maximum atomic E-state index is 11.6. The smallest absolute Gasteiger partial charge is 0.234 e. The minimum Gasteiger partial charge on any atom is -0.389 e. The number of rotatable bonds is 5. The number of β-amino-alcohol motifs (C(OH)–C–C–N with tert-alkyl or cyclic N) is 1. The Morgan fingerprint density at radius 1 is 1.56 bits per heavy atom. The van der Waals surface area contributed by atoms with E-state index < -0.39 is 5.60 Å². The lowest BCUT2D eigenvalue weighted by molar-refractivity contribution is -0.122. The van der Waals surface area contributed by atoms with E-state index in [0.717, 1.165) is 25.9 Å². The number of amides is 1. The quantitative estimate of drug-likeness (QED) is 0.725. The van der Waals surface area contributed by atoms with Gasteiger partial charge in [0.1, 0.15) is 0 Å². The molecule has 1 amide bonds. The van der Waals surface area contributed by atoms with Gasteiger partial charge in [-0.15, -0.1) is 0 Å². The van der Waals surface area contributed by atoms with Crippen molar-refractivity contribution in [1.82, 2.24) is 10.2 Å². The highest BCUT2D eigenvalue weighted by Crippen LogP contribution is 2.19. The van der Waals surface area contributed by atoms with E-state index in [1.165, 1.54) is 0 Å². The van der Waals surface area contributed by atoms with E-state index in [1.807, 2.05) is 11.8 Å². The standard InChI is InChI=1S/C12H24N2O2/c1-10(2)4-6-13-11(15)8-14-7-5-12(3,16)9-14/h10,16H,4-9H2,1-3H3,(H,13,15). The maximum absolute atomic E-state index is 11.6. The highest BCUT2D eigenvalue weighted by molar-refractivity contribution is 5.78. The van der Waals surface area contributed by atoms with Crippen LogP contribution in [0.25, 0.3) is 0 Å². The second-order valence-electron chi connectivity index (χ2n) is 5.49. The van der Waals surface area contributed by atoms with Crippen LogP contribution in [0.4, 0.5) is 0 Å². The van der Waals surface area contributed by atoms with Crippen molar-refractivity contribution in [3.63, 3.8) is 0 Å². The van der Waals surface area contributed by atoms with Crippen LogP contribution in [0.5, 0.6) is 0 Å². The molecular formula is C12H24N2O2. The number of hydrogen-bond acceptors (Lipinski definition) is 3. The first-order valence-corrected chi connectivity index (χ1v) is 6.10. The summed E-state index contributed by atoms with van der Waals surface area (Å²) in [4.78, 5) is 13.6. The molecule has 1 saturated heterocycles. The lowest BCUT2D eigenvalue weighted by atomic mass is 10.1. The van der Waals surface area contributed by atoms with Crippen molar-refractivity contribution in [2.45, 2.75) is 39.2 Å². The van der Waals surface area contributed by atoms with Crippen molar-refractivity contribution < 1.29 is 9.90 Å². The molecule has 1 atom stereocenters. The van der Waals surface area contributed by atoms with Gasteiger partial charge < -0.3 is 10.4 Å². The first-order valence-electron chi connectivity index (χ1n) is 6.10. The van der Waals surface area contributed by atoms with Crippen LogP contribution in [-0.4, -0.2) is 47.7 Å². The van der Waals surface area contributed by atoms with Crippen LogP contribution >= 0.6 is 0 Å². The highest BCUT2D eigenvalue weighted by Gasteiger charge is 2.31. The summed E-state index contributed by atoms with van der Waals surface area (Å²) in [6, 6.07) is 0. The SMILES string of the molecule is CC(C)CCNC(=O)CN1CCC(C)(O)C1. The number of aliphatic hydroxyl groups is 1. The molecule has 1 rings (SSSR count). The summed E-state index contributed by atoms with van der Waals surface area (Å²) in [5.74, 6) is 0.686. The predicted molar refractivity (Wildman–Crippen MR) is 64.1 cm³/mol. The van der Waals surface area contributed by atoms with E-state index in [4.69, 9.17) is 0 Å². The summed E-state index contributed by atoms with van der Waals surface area (Å²) < 4.78 is 0. The molecule has 0 bridgehead atoms. The fourth-order valence-corrected chi connectivity index (χ4v) is 1.93. The monoisotopic (exact) mass is 228 g/mol. The molecule has 1 unspecified atom stereocenters. The van der Waals surface area contributed by atoms with Gasteiger partial charge in [0.15, 0.2) is 0 Å². The molecule has 0 aliphatic carbocycles. The molecule has 0 spiro atoms. The molecule has 0 aromatic carbocycles. The Bertz CT molecular complexity index is 239. The molecule has 0 radical (unpaired) electrons. The second kappa shape index (κ2) is 5.64. The summed E-state index contributed by atoms with van der Waals surface area (Å²) in [6.45, 7) is 8.68. The summed E-state index contributed by atoms with van der Waals surface area (Å²) in [7, 11) is 0. The van der Waals surface area contributed by atoms with E-state index >= 15 is 0 Å². The van der Waals surface area contributed by atoms with Crippen molar-refractivity contribution in [2.75, 3.05) is 26.2 Å². The highest BCUT2D eigenvalue weighted by atomic mass is 16.3. The molecule has 1 fully saturated rings. The zero-order valence-electron chi connectivity index (χ0n) is 10.6. The lowest BCUT2D eigenvalue weighted by Gasteiger charge is -2.18. The molecule has 4 nitrogen and oxygen atoms in total. The second-order valence-corrected chi connectivity index (χ2v) is 5.49. The molecule has 94 valence electrons. The average Bonchev–Trinajstić information content (AvgIpc) is 2.44.